The lowest BCUT2D eigenvalue weighted by Gasteiger charge is -2.48. The molecule has 6 nitrogen and oxygen atoms in total. The maximum Gasteiger partial charge on any atom is 0.200 e. The Morgan fingerprint density at radius 2 is 2.12 bits per heavy atom. The van der Waals surface area contributed by atoms with E-state index in [1.807, 2.05) is 24.3 Å². The Labute approximate surface area is 142 Å². The highest BCUT2D eigenvalue weighted by atomic mass is 16.5. The summed E-state index contributed by atoms with van der Waals surface area (Å²) < 4.78 is 11.2. The monoisotopic (exact) mass is 328 g/mol. The molecule has 2 heterocycles. The Hall–Kier alpha value is -2.23. The Balaban J connectivity index is 2.32. The molecule has 24 heavy (non-hydrogen) atoms. The fraction of sp³-hybridized carbons (Fsp3) is 0.500. The van der Waals surface area contributed by atoms with Crippen LogP contribution in [-0.4, -0.2) is 19.4 Å². The third-order valence-electron chi connectivity index (χ3n) is 5.33. The summed E-state index contributed by atoms with van der Waals surface area (Å²) in [5.74, 6) is 1.11. The minimum atomic E-state index is -0.563. The van der Waals surface area contributed by atoms with Gasteiger partial charge in [0.25, 0.3) is 0 Å². The van der Waals surface area contributed by atoms with Crippen LogP contribution in [0.5, 0.6) is 5.75 Å². The summed E-state index contributed by atoms with van der Waals surface area (Å²) >= 11 is 0. The Bertz CT molecular complexity index is 709. The number of nitriles is 1. The number of rotatable bonds is 3. The first-order chi connectivity index (χ1) is 11.5. The second kappa shape index (κ2) is 6.00. The standard InChI is InChI=1S/C18H24N4O2/c1-10(2)18(12-6-5-7-13(8-12)23-4)14(9-19)16(20)24-17-15(18)11(3)21-22-17/h5-8,10-11,15,17,21-22H,20H2,1-4H3. The lowest BCUT2D eigenvalue weighted by Crippen LogP contribution is -2.54. The topological polar surface area (TPSA) is 92.3 Å². The Morgan fingerprint density at radius 1 is 1.38 bits per heavy atom. The summed E-state index contributed by atoms with van der Waals surface area (Å²) in [6.45, 7) is 6.34. The van der Waals surface area contributed by atoms with Gasteiger partial charge in [0.1, 0.15) is 17.4 Å². The summed E-state index contributed by atoms with van der Waals surface area (Å²) in [6.07, 6.45) is -0.286. The average molecular weight is 328 g/mol. The van der Waals surface area contributed by atoms with E-state index in [0.717, 1.165) is 11.3 Å². The first-order valence-electron chi connectivity index (χ1n) is 8.19. The molecule has 1 aromatic rings. The zero-order valence-corrected chi connectivity index (χ0v) is 14.5. The number of hydrogen-bond acceptors (Lipinski definition) is 6. The molecular formula is C18H24N4O2. The van der Waals surface area contributed by atoms with Crippen LogP contribution < -0.4 is 21.3 Å². The largest absolute Gasteiger partial charge is 0.497 e. The first kappa shape index (κ1) is 16.6. The average Bonchev–Trinajstić information content (AvgIpc) is 2.94. The number of hydrazine groups is 1. The van der Waals surface area contributed by atoms with Gasteiger partial charge in [-0.1, -0.05) is 26.0 Å². The number of benzene rings is 1. The van der Waals surface area contributed by atoms with E-state index in [9.17, 15) is 5.26 Å². The summed E-state index contributed by atoms with van der Waals surface area (Å²) in [6, 6.07) is 10.3. The molecule has 1 aromatic carbocycles. The van der Waals surface area contributed by atoms with Gasteiger partial charge in [-0.05, 0) is 30.5 Å². The number of allylic oxidation sites excluding steroid dienone is 1. The lowest BCUT2D eigenvalue weighted by atomic mass is 9.57. The molecule has 2 aliphatic heterocycles. The van der Waals surface area contributed by atoms with E-state index >= 15 is 0 Å². The van der Waals surface area contributed by atoms with Gasteiger partial charge < -0.3 is 15.2 Å². The van der Waals surface area contributed by atoms with Crippen LogP contribution in [0.2, 0.25) is 0 Å². The van der Waals surface area contributed by atoms with Crippen LogP contribution in [0, 0.1) is 23.2 Å². The minimum Gasteiger partial charge on any atom is -0.497 e. The fourth-order valence-electron chi connectivity index (χ4n) is 4.33. The van der Waals surface area contributed by atoms with E-state index in [-0.39, 0.29) is 30.0 Å². The van der Waals surface area contributed by atoms with E-state index in [4.69, 9.17) is 15.2 Å². The number of nitrogens with two attached hydrogens (primary N) is 1. The van der Waals surface area contributed by atoms with Crippen LogP contribution in [0.1, 0.15) is 26.3 Å². The molecule has 1 saturated heterocycles. The van der Waals surface area contributed by atoms with Crippen molar-refractivity contribution in [2.75, 3.05) is 7.11 Å². The van der Waals surface area contributed by atoms with Crippen LogP contribution in [-0.2, 0) is 10.2 Å². The maximum atomic E-state index is 9.90. The Kier molecular flexibility index (Phi) is 4.16. The molecular weight excluding hydrogens is 304 g/mol. The Morgan fingerprint density at radius 3 is 2.75 bits per heavy atom. The number of nitrogens with one attached hydrogen (secondary N) is 2. The van der Waals surface area contributed by atoms with Crippen molar-refractivity contribution in [1.29, 1.82) is 5.26 Å². The highest BCUT2D eigenvalue weighted by Crippen LogP contribution is 2.53. The van der Waals surface area contributed by atoms with Gasteiger partial charge in [-0.3, -0.25) is 5.43 Å². The van der Waals surface area contributed by atoms with Gasteiger partial charge in [0.2, 0.25) is 5.88 Å². The van der Waals surface area contributed by atoms with Crippen molar-refractivity contribution in [2.24, 2.45) is 17.6 Å². The highest BCUT2D eigenvalue weighted by Gasteiger charge is 2.58. The first-order valence-corrected chi connectivity index (χ1v) is 8.19. The van der Waals surface area contributed by atoms with Crippen molar-refractivity contribution >= 4 is 0 Å². The number of nitrogens with zero attached hydrogens (tertiary/aromatic N) is 1. The van der Waals surface area contributed by atoms with Gasteiger partial charge in [-0.2, -0.15) is 5.26 Å². The highest BCUT2D eigenvalue weighted by molar-refractivity contribution is 5.50. The normalized spacial score (nSPS) is 32.2. The number of ether oxygens (including phenoxy) is 2. The molecule has 4 N–H and O–H groups in total. The molecule has 0 bridgehead atoms. The molecule has 128 valence electrons. The molecule has 0 amide bonds. The molecule has 0 aliphatic carbocycles. The maximum absolute atomic E-state index is 9.90. The quantitative estimate of drug-likeness (QED) is 0.783. The second-order valence-electron chi connectivity index (χ2n) is 6.75. The number of fused-ring (bicyclic) bond motifs is 1. The molecule has 0 aromatic heterocycles. The van der Waals surface area contributed by atoms with Crippen molar-refractivity contribution in [3.05, 3.63) is 41.3 Å². The molecule has 0 spiro atoms. The van der Waals surface area contributed by atoms with E-state index in [2.05, 4.69) is 37.7 Å². The molecule has 2 aliphatic rings. The van der Waals surface area contributed by atoms with Crippen LogP contribution >= 0.6 is 0 Å². The smallest absolute Gasteiger partial charge is 0.200 e. The molecule has 1 fully saturated rings. The summed E-state index contributed by atoms with van der Waals surface area (Å²) in [5, 5.41) is 9.90. The van der Waals surface area contributed by atoms with Gasteiger partial charge in [0.15, 0.2) is 6.23 Å². The molecule has 3 rings (SSSR count). The summed E-state index contributed by atoms with van der Waals surface area (Å²) in [5.41, 5.74) is 13.5. The molecule has 6 heteroatoms. The van der Waals surface area contributed by atoms with Crippen LogP contribution in [0.3, 0.4) is 0 Å². The van der Waals surface area contributed by atoms with Crippen LogP contribution in [0.4, 0.5) is 0 Å². The summed E-state index contributed by atoms with van der Waals surface area (Å²) in [7, 11) is 1.64. The summed E-state index contributed by atoms with van der Waals surface area (Å²) in [4.78, 5) is 0. The van der Waals surface area contributed by atoms with Gasteiger partial charge in [0, 0.05) is 17.4 Å². The van der Waals surface area contributed by atoms with Gasteiger partial charge in [-0.25, -0.2) is 5.43 Å². The third kappa shape index (κ3) is 2.16. The van der Waals surface area contributed by atoms with Crippen molar-refractivity contribution in [1.82, 2.24) is 10.9 Å². The second-order valence-corrected chi connectivity index (χ2v) is 6.75. The molecule has 0 saturated carbocycles. The zero-order valence-electron chi connectivity index (χ0n) is 14.5. The molecule has 0 radical (unpaired) electrons. The number of hydrogen-bond donors (Lipinski definition) is 3. The van der Waals surface area contributed by atoms with Crippen molar-refractivity contribution in [2.45, 2.75) is 38.5 Å². The van der Waals surface area contributed by atoms with E-state index in [1.54, 1.807) is 7.11 Å². The van der Waals surface area contributed by atoms with Crippen LogP contribution in [0.15, 0.2) is 35.7 Å². The predicted molar refractivity (Wildman–Crippen MR) is 90.4 cm³/mol. The van der Waals surface area contributed by atoms with Crippen molar-refractivity contribution in [3.8, 4) is 11.8 Å². The molecule has 4 atom stereocenters. The zero-order chi connectivity index (χ0) is 17.5. The SMILES string of the molecule is COc1cccc(C2(C(C)C)C(C#N)=C(N)OC3NNC(C)C32)c1. The third-order valence-corrected chi connectivity index (χ3v) is 5.33. The van der Waals surface area contributed by atoms with E-state index in [1.165, 1.54) is 0 Å². The van der Waals surface area contributed by atoms with Crippen molar-refractivity contribution in [3.63, 3.8) is 0 Å². The van der Waals surface area contributed by atoms with Gasteiger partial charge in [-0.15, -0.1) is 0 Å². The van der Waals surface area contributed by atoms with E-state index < -0.39 is 5.41 Å². The minimum absolute atomic E-state index is 0.0200. The van der Waals surface area contributed by atoms with E-state index in [0.29, 0.717) is 5.57 Å². The number of methoxy groups -OCH3 is 1. The lowest BCUT2D eigenvalue weighted by molar-refractivity contribution is -0.00386. The fourth-order valence-corrected chi connectivity index (χ4v) is 4.33. The van der Waals surface area contributed by atoms with Gasteiger partial charge >= 0.3 is 0 Å². The van der Waals surface area contributed by atoms with Gasteiger partial charge in [0.05, 0.1) is 7.11 Å². The van der Waals surface area contributed by atoms with Crippen molar-refractivity contribution < 1.29 is 9.47 Å². The molecule has 4 unspecified atom stereocenters. The van der Waals surface area contributed by atoms with Crippen LogP contribution in [0.25, 0.3) is 0 Å². The predicted octanol–water partition coefficient (Wildman–Crippen LogP) is 1.75.